The molecule has 0 amide bonds. The SMILES string of the molecule is COc1ccc(Cl)cc1CN(CC1CC1)CC1CCCN1. The van der Waals surface area contributed by atoms with Crippen LogP contribution in [-0.4, -0.2) is 37.7 Å². The Morgan fingerprint density at radius 3 is 2.81 bits per heavy atom. The zero-order valence-electron chi connectivity index (χ0n) is 12.8. The maximum Gasteiger partial charge on any atom is 0.123 e. The maximum atomic E-state index is 6.16. The summed E-state index contributed by atoms with van der Waals surface area (Å²) in [5.41, 5.74) is 1.20. The van der Waals surface area contributed by atoms with E-state index in [1.165, 1.54) is 44.3 Å². The number of hydrogen-bond donors (Lipinski definition) is 1. The molecule has 3 nitrogen and oxygen atoms in total. The van der Waals surface area contributed by atoms with Crippen LogP contribution >= 0.6 is 11.6 Å². The van der Waals surface area contributed by atoms with Gasteiger partial charge in [-0.25, -0.2) is 0 Å². The van der Waals surface area contributed by atoms with E-state index in [1.807, 2.05) is 18.2 Å². The van der Waals surface area contributed by atoms with Gasteiger partial charge in [0, 0.05) is 36.3 Å². The number of hydrogen-bond acceptors (Lipinski definition) is 3. The van der Waals surface area contributed by atoms with E-state index in [0.29, 0.717) is 6.04 Å². The van der Waals surface area contributed by atoms with E-state index in [0.717, 1.165) is 29.8 Å². The predicted molar refractivity (Wildman–Crippen MR) is 87.0 cm³/mol. The Kier molecular flexibility index (Phi) is 5.04. The zero-order valence-corrected chi connectivity index (χ0v) is 13.5. The summed E-state index contributed by atoms with van der Waals surface area (Å²) in [6.45, 7) is 4.43. The van der Waals surface area contributed by atoms with Crippen molar-refractivity contribution in [2.45, 2.75) is 38.3 Å². The summed E-state index contributed by atoms with van der Waals surface area (Å²) in [5.74, 6) is 1.84. The first-order chi connectivity index (χ1) is 10.2. The third-order valence-corrected chi connectivity index (χ3v) is 4.73. The summed E-state index contributed by atoms with van der Waals surface area (Å²) in [7, 11) is 1.73. The molecule has 1 unspecified atom stereocenters. The van der Waals surface area contributed by atoms with Crippen LogP contribution in [0.4, 0.5) is 0 Å². The van der Waals surface area contributed by atoms with E-state index >= 15 is 0 Å². The van der Waals surface area contributed by atoms with Crippen molar-refractivity contribution >= 4 is 11.6 Å². The van der Waals surface area contributed by atoms with Crippen LogP contribution in [0, 0.1) is 5.92 Å². The number of rotatable bonds is 7. The van der Waals surface area contributed by atoms with Gasteiger partial charge in [-0.15, -0.1) is 0 Å². The minimum Gasteiger partial charge on any atom is -0.496 e. The fourth-order valence-electron chi connectivity index (χ4n) is 3.21. The van der Waals surface area contributed by atoms with Crippen LogP contribution in [0.2, 0.25) is 5.02 Å². The van der Waals surface area contributed by atoms with Crippen LogP contribution in [0.5, 0.6) is 5.75 Å². The van der Waals surface area contributed by atoms with Crippen LogP contribution in [0.25, 0.3) is 0 Å². The summed E-state index contributed by atoms with van der Waals surface area (Å²) < 4.78 is 5.49. The number of methoxy groups -OCH3 is 1. The van der Waals surface area contributed by atoms with Gasteiger partial charge in [0.15, 0.2) is 0 Å². The Morgan fingerprint density at radius 1 is 1.29 bits per heavy atom. The van der Waals surface area contributed by atoms with Gasteiger partial charge in [0.2, 0.25) is 0 Å². The molecular formula is C17H25ClN2O. The van der Waals surface area contributed by atoms with E-state index in [-0.39, 0.29) is 0 Å². The fraction of sp³-hybridized carbons (Fsp3) is 0.647. The van der Waals surface area contributed by atoms with Gasteiger partial charge < -0.3 is 10.1 Å². The minimum atomic E-state index is 0.647. The van der Waals surface area contributed by atoms with Crippen molar-refractivity contribution in [2.24, 2.45) is 5.92 Å². The van der Waals surface area contributed by atoms with Crippen molar-refractivity contribution in [1.82, 2.24) is 10.2 Å². The molecule has 0 aromatic heterocycles. The Morgan fingerprint density at radius 2 is 2.14 bits per heavy atom. The molecule has 1 atom stereocenters. The van der Waals surface area contributed by atoms with Crippen molar-refractivity contribution in [3.05, 3.63) is 28.8 Å². The molecule has 1 heterocycles. The van der Waals surface area contributed by atoms with Crippen molar-refractivity contribution in [1.29, 1.82) is 0 Å². The van der Waals surface area contributed by atoms with Crippen molar-refractivity contribution in [3.63, 3.8) is 0 Å². The molecule has 2 fully saturated rings. The number of nitrogens with one attached hydrogen (secondary N) is 1. The lowest BCUT2D eigenvalue weighted by Crippen LogP contribution is -2.38. The lowest BCUT2D eigenvalue weighted by molar-refractivity contribution is 0.229. The summed E-state index contributed by atoms with van der Waals surface area (Å²) in [5, 5.41) is 4.40. The van der Waals surface area contributed by atoms with Crippen LogP contribution in [-0.2, 0) is 6.54 Å². The minimum absolute atomic E-state index is 0.647. The molecule has 4 heteroatoms. The summed E-state index contributed by atoms with van der Waals surface area (Å²) in [4.78, 5) is 2.58. The monoisotopic (exact) mass is 308 g/mol. The topological polar surface area (TPSA) is 24.5 Å². The molecule has 2 aliphatic rings. The number of halogens is 1. The van der Waals surface area contributed by atoms with Crippen LogP contribution < -0.4 is 10.1 Å². The molecule has 1 saturated heterocycles. The molecule has 0 radical (unpaired) electrons. The third-order valence-electron chi connectivity index (χ3n) is 4.49. The lowest BCUT2D eigenvalue weighted by Gasteiger charge is -2.26. The molecule has 3 rings (SSSR count). The lowest BCUT2D eigenvalue weighted by atomic mass is 10.1. The average molecular weight is 309 g/mol. The van der Waals surface area contributed by atoms with Crippen molar-refractivity contribution in [3.8, 4) is 5.75 Å². The molecular weight excluding hydrogens is 284 g/mol. The normalized spacial score (nSPS) is 22.0. The van der Waals surface area contributed by atoms with Gasteiger partial charge in [-0.3, -0.25) is 4.90 Å². The molecule has 1 aromatic rings. The molecule has 1 saturated carbocycles. The standard InChI is InChI=1S/C17H25ClN2O/c1-21-17-7-6-15(18)9-14(17)11-20(10-13-4-5-13)12-16-3-2-8-19-16/h6-7,9,13,16,19H,2-5,8,10-12H2,1H3. The fourth-order valence-corrected chi connectivity index (χ4v) is 3.40. The summed E-state index contributed by atoms with van der Waals surface area (Å²) in [6.07, 6.45) is 5.39. The molecule has 1 aliphatic carbocycles. The first kappa shape index (κ1) is 15.1. The van der Waals surface area contributed by atoms with E-state index in [9.17, 15) is 0 Å². The second kappa shape index (κ2) is 6.99. The van der Waals surface area contributed by atoms with Crippen LogP contribution in [0.1, 0.15) is 31.2 Å². The molecule has 21 heavy (non-hydrogen) atoms. The molecule has 1 N–H and O–H groups in total. The number of ether oxygens (including phenoxy) is 1. The van der Waals surface area contributed by atoms with E-state index in [2.05, 4.69) is 10.2 Å². The summed E-state index contributed by atoms with van der Waals surface area (Å²) >= 11 is 6.16. The van der Waals surface area contributed by atoms with Gasteiger partial charge in [0.1, 0.15) is 5.75 Å². The molecule has 1 aliphatic heterocycles. The van der Waals surface area contributed by atoms with Gasteiger partial charge in [0.05, 0.1) is 7.11 Å². The van der Waals surface area contributed by atoms with Crippen LogP contribution in [0.3, 0.4) is 0 Å². The van der Waals surface area contributed by atoms with Crippen molar-refractivity contribution < 1.29 is 4.74 Å². The highest BCUT2D eigenvalue weighted by Crippen LogP contribution is 2.31. The second-order valence-corrected chi connectivity index (χ2v) is 6.82. The van der Waals surface area contributed by atoms with Gasteiger partial charge in [-0.05, 0) is 56.3 Å². The Balaban J connectivity index is 1.68. The Bertz CT molecular complexity index is 470. The highest BCUT2D eigenvalue weighted by Gasteiger charge is 2.27. The number of benzene rings is 1. The van der Waals surface area contributed by atoms with E-state index in [4.69, 9.17) is 16.3 Å². The Labute approximate surface area is 132 Å². The smallest absolute Gasteiger partial charge is 0.123 e. The van der Waals surface area contributed by atoms with Gasteiger partial charge in [-0.1, -0.05) is 11.6 Å². The molecule has 1 aromatic carbocycles. The third kappa shape index (κ3) is 4.35. The predicted octanol–water partition coefficient (Wildman–Crippen LogP) is 3.31. The zero-order chi connectivity index (χ0) is 14.7. The first-order valence-corrected chi connectivity index (χ1v) is 8.40. The highest BCUT2D eigenvalue weighted by molar-refractivity contribution is 6.30. The first-order valence-electron chi connectivity index (χ1n) is 8.03. The van der Waals surface area contributed by atoms with Gasteiger partial charge in [-0.2, -0.15) is 0 Å². The quantitative estimate of drug-likeness (QED) is 0.836. The van der Waals surface area contributed by atoms with E-state index in [1.54, 1.807) is 7.11 Å². The van der Waals surface area contributed by atoms with Gasteiger partial charge in [0.25, 0.3) is 0 Å². The van der Waals surface area contributed by atoms with Crippen LogP contribution in [0.15, 0.2) is 18.2 Å². The van der Waals surface area contributed by atoms with Crippen molar-refractivity contribution in [2.75, 3.05) is 26.7 Å². The highest BCUT2D eigenvalue weighted by atomic mass is 35.5. The van der Waals surface area contributed by atoms with Gasteiger partial charge >= 0.3 is 0 Å². The molecule has 0 bridgehead atoms. The maximum absolute atomic E-state index is 6.16. The second-order valence-electron chi connectivity index (χ2n) is 6.39. The van der Waals surface area contributed by atoms with E-state index < -0.39 is 0 Å². The number of nitrogens with zero attached hydrogens (tertiary/aromatic N) is 1. The Hall–Kier alpha value is -0.770. The molecule has 0 spiro atoms. The summed E-state index contributed by atoms with van der Waals surface area (Å²) in [6, 6.07) is 6.56. The largest absolute Gasteiger partial charge is 0.496 e. The molecule has 116 valence electrons. The average Bonchev–Trinajstić information content (AvgIpc) is 3.12.